The summed E-state index contributed by atoms with van der Waals surface area (Å²) < 4.78 is 0. The fraction of sp³-hybridized carbons (Fsp3) is 0.278. The van der Waals surface area contributed by atoms with Crippen molar-refractivity contribution in [1.82, 2.24) is 0 Å². The highest BCUT2D eigenvalue weighted by Gasteiger charge is 2.56. The molecule has 2 aromatic carbocycles. The maximum atomic E-state index is 11.1. The van der Waals surface area contributed by atoms with E-state index < -0.39 is 11.0 Å². The number of nitrogens with zero attached hydrogens (tertiary/aromatic N) is 1. The van der Waals surface area contributed by atoms with Crippen LogP contribution in [0.25, 0.3) is 0 Å². The Kier molecular flexibility index (Phi) is 2.70. The van der Waals surface area contributed by atoms with E-state index in [-0.39, 0.29) is 0 Å². The van der Waals surface area contributed by atoms with E-state index in [1.54, 1.807) is 6.92 Å². The molecule has 0 saturated carbocycles. The topological polar surface area (TPSA) is 44.0 Å². The molecule has 0 spiro atoms. The van der Waals surface area contributed by atoms with Gasteiger partial charge in [-0.1, -0.05) is 54.1 Å². The molecule has 20 heavy (non-hydrogen) atoms. The van der Waals surface area contributed by atoms with Crippen molar-refractivity contribution in [1.29, 1.82) is 5.26 Å². The molecule has 0 bridgehead atoms. The second kappa shape index (κ2) is 4.19. The predicted octanol–water partition coefficient (Wildman–Crippen LogP) is 3.22. The molecule has 0 amide bonds. The third-order valence-electron chi connectivity index (χ3n) is 4.57. The number of hydrogen-bond acceptors (Lipinski definition) is 2. The average Bonchev–Trinajstić information content (AvgIpc) is 2.41. The number of aryl methyl sites for hydroxylation is 1. The first-order valence-electron chi connectivity index (χ1n) is 6.80. The molecule has 0 radical (unpaired) electrons. The normalized spacial score (nSPS) is 23.1. The standard InChI is InChI=1S/C18H17NO/c1-13-7-9-15(10-8-13)17(2,20)18(12-19)11-14-5-3-4-6-16(14)18/h3-10,20H,11H2,1-2H3. The number of benzene rings is 2. The summed E-state index contributed by atoms with van der Waals surface area (Å²) in [7, 11) is 0. The zero-order valence-corrected chi connectivity index (χ0v) is 11.7. The lowest BCUT2D eigenvalue weighted by Crippen LogP contribution is -2.53. The second-order valence-electron chi connectivity index (χ2n) is 5.79. The van der Waals surface area contributed by atoms with Crippen LogP contribution in [0.1, 0.15) is 29.2 Å². The van der Waals surface area contributed by atoms with Crippen molar-refractivity contribution in [3.8, 4) is 6.07 Å². The fourth-order valence-electron chi connectivity index (χ4n) is 3.13. The highest BCUT2D eigenvalue weighted by Crippen LogP contribution is 2.52. The van der Waals surface area contributed by atoms with Gasteiger partial charge in [-0.05, 0) is 37.0 Å². The summed E-state index contributed by atoms with van der Waals surface area (Å²) in [5.74, 6) is 0. The van der Waals surface area contributed by atoms with E-state index in [1.807, 2.05) is 55.5 Å². The van der Waals surface area contributed by atoms with Crippen LogP contribution < -0.4 is 0 Å². The van der Waals surface area contributed by atoms with Crippen molar-refractivity contribution in [3.63, 3.8) is 0 Å². The number of rotatable bonds is 2. The van der Waals surface area contributed by atoms with Crippen LogP contribution in [-0.4, -0.2) is 5.11 Å². The van der Waals surface area contributed by atoms with Gasteiger partial charge >= 0.3 is 0 Å². The Morgan fingerprint density at radius 3 is 2.40 bits per heavy atom. The number of fused-ring (bicyclic) bond motifs is 1. The summed E-state index contributed by atoms with van der Waals surface area (Å²) in [6.07, 6.45) is 0.598. The van der Waals surface area contributed by atoms with Gasteiger partial charge in [-0.3, -0.25) is 0 Å². The molecule has 0 aliphatic heterocycles. The molecule has 1 N–H and O–H groups in total. The minimum absolute atomic E-state index is 0.598. The molecular formula is C18H17NO. The van der Waals surface area contributed by atoms with Gasteiger partial charge in [-0.2, -0.15) is 5.26 Å². The van der Waals surface area contributed by atoms with E-state index in [0.717, 1.165) is 22.3 Å². The molecule has 2 atom stereocenters. The van der Waals surface area contributed by atoms with Crippen molar-refractivity contribution in [2.75, 3.05) is 0 Å². The molecule has 0 heterocycles. The largest absolute Gasteiger partial charge is 0.383 e. The van der Waals surface area contributed by atoms with E-state index in [1.165, 1.54) is 0 Å². The van der Waals surface area contributed by atoms with E-state index in [4.69, 9.17) is 0 Å². The summed E-state index contributed by atoms with van der Waals surface area (Å²) in [6, 6.07) is 18.0. The van der Waals surface area contributed by atoms with Crippen LogP contribution in [0.3, 0.4) is 0 Å². The Morgan fingerprint density at radius 1 is 1.15 bits per heavy atom. The van der Waals surface area contributed by atoms with Gasteiger partial charge in [0.25, 0.3) is 0 Å². The van der Waals surface area contributed by atoms with E-state index in [0.29, 0.717) is 6.42 Å². The molecule has 3 rings (SSSR count). The molecule has 2 unspecified atom stereocenters. The van der Waals surface area contributed by atoms with Crippen LogP contribution >= 0.6 is 0 Å². The molecule has 2 nitrogen and oxygen atoms in total. The predicted molar refractivity (Wildman–Crippen MR) is 78.2 cm³/mol. The van der Waals surface area contributed by atoms with Gasteiger partial charge in [-0.25, -0.2) is 0 Å². The molecule has 1 aliphatic carbocycles. The van der Waals surface area contributed by atoms with Crippen LogP contribution in [0.2, 0.25) is 0 Å². The number of aliphatic hydroxyl groups is 1. The highest BCUT2D eigenvalue weighted by atomic mass is 16.3. The van der Waals surface area contributed by atoms with Gasteiger partial charge < -0.3 is 5.11 Å². The van der Waals surface area contributed by atoms with Crippen LogP contribution in [0.4, 0.5) is 0 Å². The Balaban J connectivity index is 2.12. The van der Waals surface area contributed by atoms with Crippen LogP contribution in [0, 0.1) is 18.3 Å². The van der Waals surface area contributed by atoms with Gasteiger partial charge in [-0.15, -0.1) is 0 Å². The summed E-state index contributed by atoms with van der Waals surface area (Å²) >= 11 is 0. The molecule has 1 aliphatic rings. The minimum Gasteiger partial charge on any atom is -0.383 e. The molecule has 0 fully saturated rings. The first kappa shape index (κ1) is 12.9. The first-order valence-corrected chi connectivity index (χ1v) is 6.80. The lowest BCUT2D eigenvalue weighted by atomic mass is 9.55. The third-order valence-corrected chi connectivity index (χ3v) is 4.57. The lowest BCUT2D eigenvalue weighted by Gasteiger charge is -2.48. The summed E-state index contributed by atoms with van der Waals surface area (Å²) in [5.41, 5.74) is 2.00. The van der Waals surface area contributed by atoms with Crippen molar-refractivity contribution in [2.45, 2.75) is 31.3 Å². The Hall–Kier alpha value is -2.11. The molecule has 2 aromatic rings. The SMILES string of the molecule is Cc1ccc(C(C)(O)C2(C#N)Cc3ccccc32)cc1. The molecular weight excluding hydrogens is 246 g/mol. The zero-order chi connectivity index (χ0) is 14.4. The maximum absolute atomic E-state index is 11.1. The maximum Gasteiger partial charge on any atom is 0.119 e. The third kappa shape index (κ3) is 1.54. The van der Waals surface area contributed by atoms with Crippen molar-refractivity contribution in [3.05, 3.63) is 70.8 Å². The minimum atomic E-state index is -1.19. The second-order valence-corrected chi connectivity index (χ2v) is 5.79. The van der Waals surface area contributed by atoms with Crippen molar-refractivity contribution in [2.24, 2.45) is 0 Å². The van der Waals surface area contributed by atoms with Gasteiger partial charge in [0, 0.05) is 0 Å². The number of nitriles is 1. The zero-order valence-electron chi connectivity index (χ0n) is 11.7. The average molecular weight is 263 g/mol. The quantitative estimate of drug-likeness (QED) is 0.904. The van der Waals surface area contributed by atoms with E-state index in [9.17, 15) is 10.4 Å². The highest BCUT2D eigenvalue weighted by molar-refractivity contribution is 5.55. The Morgan fingerprint density at radius 2 is 1.80 bits per heavy atom. The van der Waals surface area contributed by atoms with Crippen LogP contribution in [0.5, 0.6) is 0 Å². The number of hydrogen-bond donors (Lipinski definition) is 1. The molecule has 0 aromatic heterocycles. The van der Waals surface area contributed by atoms with E-state index in [2.05, 4.69) is 6.07 Å². The Bertz CT molecular complexity index is 694. The first-order chi connectivity index (χ1) is 9.51. The van der Waals surface area contributed by atoms with Crippen molar-refractivity contribution >= 4 is 0 Å². The van der Waals surface area contributed by atoms with Gasteiger partial charge in [0.1, 0.15) is 11.0 Å². The lowest BCUT2D eigenvalue weighted by molar-refractivity contribution is -0.0148. The van der Waals surface area contributed by atoms with Gasteiger partial charge in [0.05, 0.1) is 6.07 Å². The molecule has 100 valence electrons. The van der Waals surface area contributed by atoms with Crippen LogP contribution in [0.15, 0.2) is 48.5 Å². The van der Waals surface area contributed by atoms with Crippen LogP contribution in [-0.2, 0) is 17.4 Å². The Labute approximate surface area is 119 Å². The fourth-order valence-corrected chi connectivity index (χ4v) is 3.13. The monoisotopic (exact) mass is 263 g/mol. The van der Waals surface area contributed by atoms with Crippen molar-refractivity contribution < 1.29 is 5.11 Å². The molecule has 0 saturated heterocycles. The van der Waals surface area contributed by atoms with Gasteiger partial charge in [0.15, 0.2) is 0 Å². The molecule has 2 heteroatoms. The van der Waals surface area contributed by atoms with E-state index >= 15 is 0 Å². The summed E-state index contributed by atoms with van der Waals surface area (Å²) in [4.78, 5) is 0. The van der Waals surface area contributed by atoms with Gasteiger partial charge in [0.2, 0.25) is 0 Å². The summed E-state index contributed by atoms with van der Waals surface area (Å²) in [6.45, 7) is 3.76. The summed E-state index contributed by atoms with van der Waals surface area (Å²) in [5, 5.41) is 20.8. The smallest absolute Gasteiger partial charge is 0.119 e.